The number of hydrogen-bond acceptors (Lipinski definition) is 5. The lowest BCUT2D eigenvalue weighted by atomic mass is 9.94. The molecule has 1 atom stereocenters. The summed E-state index contributed by atoms with van der Waals surface area (Å²) in [5.41, 5.74) is 3.71. The summed E-state index contributed by atoms with van der Waals surface area (Å²) in [6.45, 7) is 6.90. The highest BCUT2D eigenvalue weighted by atomic mass is 35.5. The van der Waals surface area contributed by atoms with Gasteiger partial charge in [-0.25, -0.2) is 9.80 Å². The molecule has 1 N–H and O–H groups in total. The van der Waals surface area contributed by atoms with E-state index >= 15 is 0 Å². The zero-order chi connectivity index (χ0) is 22.5. The minimum absolute atomic E-state index is 0.0911. The van der Waals surface area contributed by atoms with Gasteiger partial charge in [-0.15, -0.1) is 0 Å². The topological polar surface area (TPSA) is 66.4 Å². The average Bonchev–Trinajstić information content (AvgIpc) is 2.96. The second kappa shape index (κ2) is 10.3. The normalized spacial score (nSPS) is 19.0. The predicted molar refractivity (Wildman–Crippen MR) is 126 cm³/mol. The summed E-state index contributed by atoms with van der Waals surface area (Å²) < 4.78 is 11.5. The number of hydrazone groups is 1. The molecule has 0 unspecified atom stereocenters. The molecule has 8 heteroatoms. The number of carbonyl (C=O) groups is 1. The summed E-state index contributed by atoms with van der Waals surface area (Å²) in [5.74, 6) is 0.791. The standard InChI is InChI=1S/C24H29ClN4O3/c1-17-15-19-5-8-21(32-14-11-28-9-12-31-13-10-28)16-22(19)23(27-29(17)24(30)26-2)18-3-6-20(25)7-4-18/h3-8,16-17H,9-15H2,1-2H3,(H,26,30)/t17-/m0/s1. The van der Waals surface area contributed by atoms with Gasteiger partial charge in [-0.2, -0.15) is 5.10 Å². The SMILES string of the molecule is CNC(=O)N1N=C(c2ccc(Cl)cc2)c2cc(OCCN3CCOCC3)ccc2C[C@@H]1C. The van der Waals surface area contributed by atoms with Crippen LogP contribution in [0.2, 0.25) is 5.02 Å². The average molecular weight is 457 g/mol. The maximum atomic E-state index is 12.5. The monoisotopic (exact) mass is 456 g/mol. The predicted octanol–water partition coefficient (Wildman–Crippen LogP) is 3.39. The molecule has 2 aromatic carbocycles. The summed E-state index contributed by atoms with van der Waals surface area (Å²) in [6, 6.07) is 13.3. The van der Waals surface area contributed by atoms with E-state index in [2.05, 4.69) is 16.3 Å². The van der Waals surface area contributed by atoms with Gasteiger partial charge in [0.1, 0.15) is 12.4 Å². The summed E-state index contributed by atoms with van der Waals surface area (Å²) in [6.07, 6.45) is 0.692. The van der Waals surface area contributed by atoms with Crippen molar-refractivity contribution >= 4 is 23.3 Å². The molecule has 1 fully saturated rings. The van der Waals surface area contributed by atoms with Crippen LogP contribution in [0, 0.1) is 0 Å². The van der Waals surface area contributed by atoms with Crippen molar-refractivity contribution in [2.24, 2.45) is 5.10 Å². The van der Waals surface area contributed by atoms with Gasteiger partial charge in [0.25, 0.3) is 0 Å². The molecule has 0 aromatic heterocycles. The highest BCUT2D eigenvalue weighted by Gasteiger charge is 2.27. The van der Waals surface area contributed by atoms with E-state index in [0.717, 1.165) is 61.0 Å². The first-order valence-electron chi connectivity index (χ1n) is 11.0. The molecule has 2 aliphatic rings. The number of ether oxygens (including phenoxy) is 2. The molecule has 170 valence electrons. The number of hydrogen-bond donors (Lipinski definition) is 1. The van der Waals surface area contributed by atoms with E-state index in [1.165, 1.54) is 5.01 Å². The Balaban J connectivity index is 1.63. The zero-order valence-corrected chi connectivity index (χ0v) is 19.3. The number of halogens is 1. The number of urea groups is 1. The second-order valence-corrected chi connectivity index (χ2v) is 8.47. The van der Waals surface area contributed by atoms with Gasteiger partial charge >= 0.3 is 6.03 Å². The van der Waals surface area contributed by atoms with Crippen molar-refractivity contribution in [1.82, 2.24) is 15.2 Å². The first kappa shape index (κ1) is 22.6. The third kappa shape index (κ3) is 5.23. The van der Waals surface area contributed by atoms with Crippen LogP contribution < -0.4 is 10.1 Å². The van der Waals surface area contributed by atoms with Crippen molar-refractivity contribution < 1.29 is 14.3 Å². The van der Waals surface area contributed by atoms with Crippen molar-refractivity contribution in [1.29, 1.82) is 0 Å². The fourth-order valence-corrected chi connectivity index (χ4v) is 4.13. The Labute approximate surface area is 193 Å². The minimum Gasteiger partial charge on any atom is -0.492 e. The van der Waals surface area contributed by atoms with Crippen LogP contribution in [0.15, 0.2) is 47.6 Å². The smallest absolute Gasteiger partial charge is 0.337 e. The Kier molecular flexibility index (Phi) is 7.29. The van der Waals surface area contributed by atoms with Crippen molar-refractivity contribution in [3.8, 4) is 5.75 Å². The number of nitrogens with zero attached hydrogens (tertiary/aromatic N) is 3. The summed E-state index contributed by atoms with van der Waals surface area (Å²) in [7, 11) is 1.62. The van der Waals surface area contributed by atoms with Crippen LogP contribution in [0.3, 0.4) is 0 Å². The van der Waals surface area contributed by atoms with E-state index in [9.17, 15) is 4.79 Å². The molecule has 0 aliphatic carbocycles. The number of morpholine rings is 1. The maximum absolute atomic E-state index is 12.5. The van der Waals surface area contributed by atoms with Gasteiger partial charge in [-0.3, -0.25) is 4.90 Å². The zero-order valence-electron chi connectivity index (χ0n) is 18.5. The van der Waals surface area contributed by atoms with Crippen LogP contribution in [-0.2, 0) is 11.2 Å². The highest BCUT2D eigenvalue weighted by molar-refractivity contribution is 6.30. The number of amides is 2. The number of carbonyl (C=O) groups excluding carboxylic acids is 1. The van der Waals surface area contributed by atoms with Gasteiger partial charge in [0, 0.05) is 42.8 Å². The Morgan fingerprint density at radius 3 is 2.69 bits per heavy atom. The van der Waals surface area contributed by atoms with E-state index in [-0.39, 0.29) is 12.1 Å². The number of nitrogens with one attached hydrogen (secondary N) is 1. The van der Waals surface area contributed by atoms with Crippen molar-refractivity contribution in [2.75, 3.05) is 46.5 Å². The fraction of sp³-hybridized carbons (Fsp3) is 0.417. The summed E-state index contributed by atoms with van der Waals surface area (Å²) in [4.78, 5) is 14.9. The maximum Gasteiger partial charge on any atom is 0.337 e. The molecule has 0 spiro atoms. The molecule has 32 heavy (non-hydrogen) atoms. The summed E-state index contributed by atoms with van der Waals surface area (Å²) in [5, 5.41) is 9.64. The molecule has 0 radical (unpaired) electrons. The van der Waals surface area contributed by atoms with E-state index in [1.807, 2.05) is 43.3 Å². The molecule has 2 aliphatic heterocycles. The Morgan fingerprint density at radius 1 is 1.22 bits per heavy atom. The lowest BCUT2D eigenvalue weighted by molar-refractivity contribution is 0.0322. The number of rotatable bonds is 5. The number of fused-ring (bicyclic) bond motifs is 1. The van der Waals surface area contributed by atoms with Gasteiger partial charge < -0.3 is 14.8 Å². The van der Waals surface area contributed by atoms with Gasteiger partial charge in [0.15, 0.2) is 0 Å². The molecule has 2 heterocycles. The fourth-order valence-electron chi connectivity index (χ4n) is 4.01. The lowest BCUT2D eigenvalue weighted by Crippen LogP contribution is -2.41. The molecule has 7 nitrogen and oxygen atoms in total. The van der Waals surface area contributed by atoms with Crippen molar-refractivity contribution in [3.05, 3.63) is 64.2 Å². The third-order valence-corrected chi connectivity index (χ3v) is 6.05. The van der Waals surface area contributed by atoms with Gasteiger partial charge in [0.2, 0.25) is 0 Å². The Morgan fingerprint density at radius 2 is 1.97 bits per heavy atom. The molecule has 0 saturated carbocycles. The minimum atomic E-state index is -0.237. The third-order valence-electron chi connectivity index (χ3n) is 5.80. The molecular formula is C24H29ClN4O3. The Hall–Kier alpha value is -2.61. The highest BCUT2D eigenvalue weighted by Crippen LogP contribution is 2.28. The van der Waals surface area contributed by atoms with Crippen molar-refractivity contribution in [2.45, 2.75) is 19.4 Å². The first-order chi connectivity index (χ1) is 15.5. The largest absolute Gasteiger partial charge is 0.492 e. The van der Waals surface area contributed by atoms with E-state index in [4.69, 9.17) is 26.2 Å². The van der Waals surface area contributed by atoms with Gasteiger partial charge in [0.05, 0.1) is 25.0 Å². The first-order valence-corrected chi connectivity index (χ1v) is 11.3. The van der Waals surface area contributed by atoms with Gasteiger partial charge in [-0.05, 0) is 43.2 Å². The second-order valence-electron chi connectivity index (χ2n) is 8.03. The quantitative estimate of drug-likeness (QED) is 0.749. The van der Waals surface area contributed by atoms with E-state index in [1.54, 1.807) is 7.05 Å². The van der Waals surface area contributed by atoms with Crippen LogP contribution in [-0.4, -0.2) is 74.2 Å². The van der Waals surface area contributed by atoms with Crippen LogP contribution in [0.1, 0.15) is 23.6 Å². The molecular weight excluding hydrogens is 428 g/mol. The molecule has 2 aromatic rings. The van der Waals surface area contributed by atoms with Crippen LogP contribution in [0.5, 0.6) is 5.75 Å². The number of benzene rings is 2. The van der Waals surface area contributed by atoms with E-state index < -0.39 is 0 Å². The Bertz CT molecular complexity index is 974. The van der Waals surface area contributed by atoms with Gasteiger partial charge in [-0.1, -0.05) is 29.8 Å². The molecule has 0 bridgehead atoms. The van der Waals surface area contributed by atoms with Crippen LogP contribution >= 0.6 is 11.6 Å². The molecule has 4 rings (SSSR count). The van der Waals surface area contributed by atoms with Crippen molar-refractivity contribution in [3.63, 3.8) is 0 Å². The molecule has 1 saturated heterocycles. The van der Waals surface area contributed by atoms with Crippen LogP contribution in [0.25, 0.3) is 0 Å². The van der Waals surface area contributed by atoms with Crippen LogP contribution in [0.4, 0.5) is 4.79 Å². The summed E-state index contributed by atoms with van der Waals surface area (Å²) >= 11 is 6.11. The molecule has 2 amide bonds. The lowest BCUT2D eigenvalue weighted by Gasteiger charge is -2.26. The van der Waals surface area contributed by atoms with E-state index in [0.29, 0.717) is 18.1 Å².